The molecule has 0 saturated carbocycles. The maximum Gasteiger partial charge on any atom is 0.270 e. The van der Waals surface area contributed by atoms with E-state index >= 15 is 0 Å². The van der Waals surface area contributed by atoms with Crippen LogP contribution in [-0.2, 0) is 16.1 Å². The molecule has 2 amide bonds. The molecule has 0 radical (unpaired) electrons. The van der Waals surface area contributed by atoms with Gasteiger partial charge in [-0.15, -0.1) is 17.8 Å². The fraction of sp³-hybridized carbons (Fsp3) is 0.407. The largest absolute Gasteiger partial charge is 0.360 e. The van der Waals surface area contributed by atoms with E-state index < -0.39 is 5.91 Å². The zero-order chi connectivity index (χ0) is 27.5. The number of likely N-dealkylation sites (N-methyl/N-ethyl adjacent to an activating group) is 2. The third-order valence-corrected chi connectivity index (χ3v) is 7.08. The van der Waals surface area contributed by atoms with E-state index in [-0.39, 0.29) is 28.2 Å². The van der Waals surface area contributed by atoms with Gasteiger partial charge in [-0.05, 0) is 45.5 Å². The first-order valence-corrected chi connectivity index (χ1v) is 12.9. The molecule has 1 atom stereocenters. The molecule has 0 aliphatic heterocycles. The van der Waals surface area contributed by atoms with E-state index in [9.17, 15) is 19.6 Å². The van der Waals surface area contributed by atoms with Crippen molar-refractivity contribution in [3.05, 3.63) is 43.8 Å². The Morgan fingerprint density at radius 3 is 2.65 bits per heavy atom. The lowest BCUT2D eigenvalue weighted by Crippen LogP contribution is -2.40. The van der Waals surface area contributed by atoms with Crippen molar-refractivity contribution in [3.63, 3.8) is 0 Å². The average Bonchev–Trinajstić information content (AvgIpc) is 3.20. The highest BCUT2D eigenvalue weighted by Crippen LogP contribution is 2.19. The SMILES string of the molecule is C#CCNC(=O)C(C#N)=c1sc(=CNc2cccc(N(C)C(=O)CN(C)C(C)CCC)c2)c(=O)n1CC. The highest BCUT2D eigenvalue weighted by Gasteiger charge is 2.17. The average molecular weight is 523 g/mol. The number of carbonyl (C=O) groups is 2. The summed E-state index contributed by atoms with van der Waals surface area (Å²) in [5.41, 5.74) is 0.904. The van der Waals surface area contributed by atoms with Crippen molar-refractivity contribution >= 4 is 46.3 Å². The zero-order valence-corrected chi connectivity index (χ0v) is 22.8. The fourth-order valence-electron chi connectivity index (χ4n) is 3.62. The molecule has 1 aromatic carbocycles. The summed E-state index contributed by atoms with van der Waals surface area (Å²) in [7, 11) is 3.69. The van der Waals surface area contributed by atoms with Gasteiger partial charge in [0.1, 0.15) is 15.3 Å². The van der Waals surface area contributed by atoms with E-state index in [0.717, 1.165) is 24.2 Å². The molecule has 10 heteroatoms. The molecule has 0 aliphatic carbocycles. The number of rotatable bonds is 11. The Bertz CT molecular complexity index is 1380. The summed E-state index contributed by atoms with van der Waals surface area (Å²) in [6.45, 7) is 6.58. The third-order valence-electron chi connectivity index (χ3n) is 5.95. The first-order chi connectivity index (χ1) is 17.7. The molecule has 1 aromatic heterocycles. The standard InChI is InChI=1S/C27H34N6O3S/c1-7-11-19(4)31(5)18-24(34)32(6)21-13-10-12-20(15-21)30-17-23-26(36)33(9-3)27(37-23)22(16-28)25(35)29-14-8-2/h2,10,12-13,15,17,19,30H,7,9,11,14,18H2,1,3-6H3,(H,29,35). The van der Waals surface area contributed by atoms with Crippen LogP contribution in [0.4, 0.5) is 11.4 Å². The van der Waals surface area contributed by atoms with Gasteiger partial charge in [-0.3, -0.25) is 23.9 Å². The number of terminal acetylenes is 1. The fourth-order valence-corrected chi connectivity index (χ4v) is 4.70. The topological polar surface area (TPSA) is 110 Å². The number of carbonyl (C=O) groups excluding carboxylic acids is 2. The summed E-state index contributed by atoms with van der Waals surface area (Å²) < 4.78 is 1.97. The van der Waals surface area contributed by atoms with Gasteiger partial charge in [0.25, 0.3) is 11.5 Å². The number of thiazole rings is 1. The van der Waals surface area contributed by atoms with Gasteiger partial charge in [-0.25, -0.2) is 0 Å². The quantitative estimate of drug-likeness (QED) is 0.431. The summed E-state index contributed by atoms with van der Waals surface area (Å²) in [5, 5.41) is 15.1. The van der Waals surface area contributed by atoms with Crippen LogP contribution in [0.15, 0.2) is 29.1 Å². The van der Waals surface area contributed by atoms with E-state index in [1.165, 1.54) is 10.8 Å². The Kier molecular flexibility index (Phi) is 11.1. The second-order valence-corrected chi connectivity index (χ2v) is 9.57. The summed E-state index contributed by atoms with van der Waals surface area (Å²) >= 11 is 1.04. The van der Waals surface area contributed by atoms with Gasteiger partial charge in [0, 0.05) is 37.2 Å². The van der Waals surface area contributed by atoms with Gasteiger partial charge in [-0.1, -0.05) is 25.3 Å². The summed E-state index contributed by atoms with van der Waals surface area (Å²) in [5.74, 6) is 1.64. The number of amides is 2. The first-order valence-electron chi connectivity index (χ1n) is 12.1. The molecule has 1 heterocycles. The molecular weight excluding hydrogens is 488 g/mol. The molecule has 37 heavy (non-hydrogen) atoms. The van der Waals surface area contributed by atoms with Crippen LogP contribution < -0.4 is 30.3 Å². The lowest BCUT2D eigenvalue weighted by molar-refractivity contribution is -0.119. The molecule has 0 fully saturated rings. The molecule has 2 rings (SSSR count). The van der Waals surface area contributed by atoms with Crippen molar-refractivity contribution < 1.29 is 9.59 Å². The molecule has 0 aliphatic rings. The van der Waals surface area contributed by atoms with Crippen LogP contribution in [0.5, 0.6) is 0 Å². The van der Waals surface area contributed by atoms with Crippen molar-refractivity contribution in [1.29, 1.82) is 5.26 Å². The van der Waals surface area contributed by atoms with Crippen LogP contribution in [-0.4, -0.2) is 54.5 Å². The second-order valence-electron chi connectivity index (χ2n) is 8.54. The minimum Gasteiger partial charge on any atom is -0.360 e. The summed E-state index contributed by atoms with van der Waals surface area (Å²) in [6.07, 6.45) is 8.80. The van der Waals surface area contributed by atoms with Crippen LogP contribution in [0, 0.1) is 23.7 Å². The van der Waals surface area contributed by atoms with E-state index in [0.29, 0.717) is 35.0 Å². The van der Waals surface area contributed by atoms with Crippen LogP contribution in [0.1, 0.15) is 33.6 Å². The van der Waals surface area contributed by atoms with Gasteiger partial charge < -0.3 is 15.5 Å². The summed E-state index contributed by atoms with van der Waals surface area (Å²) in [6, 6.07) is 9.50. The highest BCUT2D eigenvalue weighted by atomic mass is 32.1. The van der Waals surface area contributed by atoms with E-state index in [1.54, 1.807) is 18.9 Å². The molecule has 2 N–H and O–H groups in total. The van der Waals surface area contributed by atoms with Crippen molar-refractivity contribution in [1.82, 2.24) is 14.8 Å². The molecule has 1 unspecified atom stereocenters. The van der Waals surface area contributed by atoms with E-state index in [2.05, 4.69) is 30.4 Å². The molecule has 196 valence electrons. The number of hydrogen-bond donors (Lipinski definition) is 2. The van der Waals surface area contributed by atoms with E-state index in [4.69, 9.17) is 6.42 Å². The van der Waals surface area contributed by atoms with Crippen LogP contribution in [0.2, 0.25) is 0 Å². The molecule has 0 spiro atoms. The van der Waals surface area contributed by atoms with Crippen molar-refractivity contribution in [2.75, 3.05) is 37.4 Å². The van der Waals surface area contributed by atoms with E-state index in [1.807, 2.05) is 42.3 Å². The lowest BCUT2D eigenvalue weighted by atomic mass is 10.2. The zero-order valence-electron chi connectivity index (χ0n) is 22.0. The maximum atomic E-state index is 12.9. The van der Waals surface area contributed by atoms with Gasteiger partial charge in [0.05, 0.1) is 13.1 Å². The Labute approximate surface area is 221 Å². The first kappa shape index (κ1) is 29.4. The lowest BCUT2D eigenvalue weighted by Gasteiger charge is -2.26. The minimum absolute atomic E-state index is 0.0202. The number of nitriles is 1. The maximum absolute atomic E-state index is 12.9. The predicted octanol–water partition coefficient (Wildman–Crippen LogP) is 1.29. The Balaban J connectivity index is 2.32. The molecule has 9 nitrogen and oxygen atoms in total. The third kappa shape index (κ3) is 7.56. The van der Waals surface area contributed by atoms with Crippen LogP contribution in [0.25, 0.3) is 11.8 Å². The van der Waals surface area contributed by atoms with Crippen molar-refractivity contribution in [3.8, 4) is 18.4 Å². The normalized spacial score (nSPS) is 12.9. The Morgan fingerprint density at radius 1 is 1.30 bits per heavy atom. The van der Waals surface area contributed by atoms with Gasteiger partial charge in [0.15, 0.2) is 5.57 Å². The monoisotopic (exact) mass is 522 g/mol. The van der Waals surface area contributed by atoms with Gasteiger partial charge in [0.2, 0.25) is 5.91 Å². The minimum atomic E-state index is -0.626. The number of benzene rings is 1. The number of nitrogens with zero attached hydrogens (tertiary/aromatic N) is 4. The van der Waals surface area contributed by atoms with Crippen molar-refractivity contribution in [2.45, 2.75) is 46.2 Å². The number of nitrogens with one attached hydrogen (secondary N) is 2. The number of aromatic nitrogens is 1. The Hall–Kier alpha value is -3.86. The molecule has 2 aromatic rings. The van der Waals surface area contributed by atoms with Crippen LogP contribution >= 0.6 is 11.3 Å². The molecule has 0 saturated heterocycles. The second kappa shape index (κ2) is 14.0. The van der Waals surface area contributed by atoms with Gasteiger partial charge in [-0.2, -0.15) is 5.26 Å². The molecule has 0 bridgehead atoms. The molecular formula is C27H34N6O3S. The van der Waals surface area contributed by atoms with Crippen molar-refractivity contribution in [2.24, 2.45) is 0 Å². The highest BCUT2D eigenvalue weighted by molar-refractivity contribution is 7.07. The Morgan fingerprint density at radius 2 is 2.03 bits per heavy atom. The van der Waals surface area contributed by atoms with Gasteiger partial charge >= 0.3 is 0 Å². The predicted molar refractivity (Wildman–Crippen MR) is 149 cm³/mol. The smallest absolute Gasteiger partial charge is 0.270 e. The number of anilines is 2. The van der Waals surface area contributed by atoms with Crippen LogP contribution in [0.3, 0.4) is 0 Å². The summed E-state index contributed by atoms with van der Waals surface area (Å²) in [4.78, 5) is 41.8. The number of hydrogen-bond acceptors (Lipinski definition) is 7.